The van der Waals surface area contributed by atoms with Gasteiger partial charge in [-0.1, -0.05) is 0 Å². The molecule has 0 aliphatic carbocycles. The summed E-state index contributed by atoms with van der Waals surface area (Å²) in [7, 11) is 3.30. The number of aromatic nitrogens is 3. The van der Waals surface area contributed by atoms with Crippen molar-refractivity contribution < 1.29 is 4.74 Å². The zero-order valence-electron chi connectivity index (χ0n) is 15.2. The highest BCUT2D eigenvalue weighted by atomic mass is 35.5. The lowest BCUT2D eigenvalue weighted by Gasteiger charge is -2.15. The lowest BCUT2D eigenvalue weighted by molar-refractivity contribution is 0.413. The van der Waals surface area contributed by atoms with Crippen LogP contribution < -0.4 is 21.1 Å². The minimum absolute atomic E-state index is 0.141. The molecule has 2 aromatic heterocycles. The van der Waals surface area contributed by atoms with Crippen LogP contribution in [0.4, 0.5) is 11.6 Å². The standard InChI is InChI=1S/C17H22ClN7O/c1-10(19)15(11(2)20-3)22-7-12-8-23-17(18)25-16(12)24-14-6-5-13(26-4)9-21-14/h5-6,8-9,22H,7,19H2,1-4H3,(H,21,23,24,25). The monoisotopic (exact) mass is 375 g/mol. The molecular formula is C17H22ClN7O. The second-order valence-electron chi connectivity index (χ2n) is 5.44. The fraction of sp³-hybridized carbons (Fsp3) is 0.294. The fourth-order valence-electron chi connectivity index (χ4n) is 2.17. The van der Waals surface area contributed by atoms with Crippen molar-refractivity contribution in [1.82, 2.24) is 20.3 Å². The Balaban J connectivity index is 2.22. The third-order valence-corrected chi connectivity index (χ3v) is 3.78. The van der Waals surface area contributed by atoms with E-state index >= 15 is 0 Å². The summed E-state index contributed by atoms with van der Waals surface area (Å²) < 4.78 is 5.11. The van der Waals surface area contributed by atoms with Crippen LogP contribution in [0.15, 0.2) is 40.9 Å². The molecule has 0 fully saturated rings. The first-order chi connectivity index (χ1) is 12.4. The van der Waals surface area contributed by atoms with Crippen molar-refractivity contribution in [2.45, 2.75) is 20.4 Å². The van der Waals surface area contributed by atoms with Gasteiger partial charge in [0.15, 0.2) is 0 Å². The van der Waals surface area contributed by atoms with Crippen LogP contribution in [0.2, 0.25) is 5.28 Å². The van der Waals surface area contributed by atoms with E-state index in [4.69, 9.17) is 22.1 Å². The van der Waals surface area contributed by atoms with Crippen LogP contribution in [0.25, 0.3) is 0 Å². The number of nitrogens with two attached hydrogens (primary N) is 1. The Bertz CT molecular complexity index is 814. The van der Waals surface area contributed by atoms with Crippen molar-refractivity contribution in [2.24, 2.45) is 10.7 Å². The molecule has 0 saturated carbocycles. The molecule has 138 valence electrons. The van der Waals surface area contributed by atoms with E-state index in [2.05, 4.69) is 30.6 Å². The summed E-state index contributed by atoms with van der Waals surface area (Å²) >= 11 is 5.95. The number of hydrogen-bond donors (Lipinski definition) is 3. The van der Waals surface area contributed by atoms with Gasteiger partial charge in [-0.15, -0.1) is 0 Å². The predicted octanol–water partition coefficient (Wildman–Crippen LogP) is 2.65. The molecule has 0 spiro atoms. The molecule has 2 rings (SSSR count). The zero-order valence-corrected chi connectivity index (χ0v) is 15.9. The van der Waals surface area contributed by atoms with Crippen molar-refractivity contribution in [3.63, 3.8) is 0 Å². The molecule has 26 heavy (non-hydrogen) atoms. The SMILES string of the molecule is CN=C(C)C(NCc1cnc(Cl)nc1Nc1ccc(OC)cn1)=C(C)N. The average molecular weight is 376 g/mol. The molecule has 0 saturated heterocycles. The highest BCUT2D eigenvalue weighted by molar-refractivity contribution is 6.28. The predicted molar refractivity (Wildman–Crippen MR) is 104 cm³/mol. The van der Waals surface area contributed by atoms with Crippen molar-refractivity contribution in [3.05, 3.63) is 46.8 Å². The summed E-state index contributed by atoms with van der Waals surface area (Å²) in [5.74, 6) is 1.83. The molecule has 4 N–H and O–H groups in total. The zero-order chi connectivity index (χ0) is 19.1. The number of halogens is 1. The van der Waals surface area contributed by atoms with Gasteiger partial charge in [-0.2, -0.15) is 0 Å². The Morgan fingerprint density at radius 2 is 2.04 bits per heavy atom. The first-order valence-electron chi connectivity index (χ1n) is 7.87. The van der Waals surface area contributed by atoms with E-state index < -0.39 is 0 Å². The van der Waals surface area contributed by atoms with E-state index in [9.17, 15) is 0 Å². The van der Waals surface area contributed by atoms with Crippen molar-refractivity contribution in [2.75, 3.05) is 19.5 Å². The summed E-state index contributed by atoms with van der Waals surface area (Å²) in [4.78, 5) is 16.7. The highest BCUT2D eigenvalue weighted by Crippen LogP contribution is 2.20. The highest BCUT2D eigenvalue weighted by Gasteiger charge is 2.10. The summed E-state index contributed by atoms with van der Waals surface area (Å²) in [6, 6.07) is 3.59. The van der Waals surface area contributed by atoms with Gasteiger partial charge in [0.25, 0.3) is 0 Å². The number of aliphatic imine (C=N–C) groups is 1. The number of anilines is 2. The molecule has 0 aliphatic rings. The number of allylic oxidation sites excluding steroid dienone is 2. The number of pyridine rings is 1. The van der Waals surface area contributed by atoms with Gasteiger partial charge in [0, 0.05) is 31.0 Å². The number of nitrogens with one attached hydrogen (secondary N) is 2. The molecule has 0 unspecified atom stereocenters. The van der Waals surface area contributed by atoms with Gasteiger partial charge < -0.3 is 21.1 Å². The van der Waals surface area contributed by atoms with E-state index in [1.807, 2.05) is 13.8 Å². The van der Waals surface area contributed by atoms with E-state index in [1.54, 1.807) is 38.7 Å². The Kier molecular flexibility index (Phi) is 6.74. The first-order valence-corrected chi connectivity index (χ1v) is 8.24. The van der Waals surface area contributed by atoms with E-state index in [0.717, 1.165) is 17.0 Å². The number of ether oxygens (including phenoxy) is 1. The molecule has 8 nitrogen and oxygen atoms in total. The number of hydrogen-bond acceptors (Lipinski definition) is 8. The molecule has 0 bridgehead atoms. The van der Waals surface area contributed by atoms with Gasteiger partial charge in [0.2, 0.25) is 5.28 Å². The van der Waals surface area contributed by atoms with Crippen molar-refractivity contribution >= 4 is 28.9 Å². The molecule has 0 amide bonds. The largest absolute Gasteiger partial charge is 0.495 e. The quantitative estimate of drug-likeness (QED) is 0.504. The lowest BCUT2D eigenvalue weighted by atomic mass is 10.2. The van der Waals surface area contributed by atoms with Gasteiger partial charge in [0.05, 0.1) is 24.7 Å². The molecule has 2 heterocycles. The summed E-state index contributed by atoms with van der Waals surface area (Å²) in [5, 5.41) is 6.55. The third-order valence-electron chi connectivity index (χ3n) is 3.60. The van der Waals surface area contributed by atoms with Gasteiger partial charge in [0.1, 0.15) is 17.4 Å². The summed E-state index contributed by atoms with van der Waals surface area (Å²) in [6.07, 6.45) is 3.26. The van der Waals surface area contributed by atoms with E-state index in [0.29, 0.717) is 29.6 Å². The van der Waals surface area contributed by atoms with Crippen LogP contribution in [-0.2, 0) is 6.54 Å². The van der Waals surface area contributed by atoms with Crippen molar-refractivity contribution in [1.29, 1.82) is 0 Å². The Labute approximate surface area is 157 Å². The lowest BCUT2D eigenvalue weighted by Crippen LogP contribution is -2.23. The smallest absolute Gasteiger partial charge is 0.224 e. The molecule has 9 heteroatoms. The van der Waals surface area contributed by atoms with Gasteiger partial charge in [-0.25, -0.2) is 15.0 Å². The fourth-order valence-corrected chi connectivity index (χ4v) is 2.30. The summed E-state index contributed by atoms with van der Waals surface area (Å²) in [5.41, 5.74) is 8.97. The molecular weight excluding hydrogens is 354 g/mol. The maximum atomic E-state index is 5.95. The van der Waals surface area contributed by atoms with Gasteiger partial charge >= 0.3 is 0 Å². The van der Waals surface area contributed by atoms with E-state index in [-0.39, 0.29) is 5.28 Å². The van der Waals surface area contributed by atoms with E-state index in [1.165, 1.54) is 0 Å². The number of methoxy groups -OCH3 is 1. The van der Waals surface area contributed by atoms with Crippen LogP contribution in [0, 0.1) is 0 Å². The van der Waals surface area contributed by atoms with Crippen LogP contribution >= 0.6 is 11.6 Å². The average Bonchev–Trinajstić information content (AvgIpc) is 2.63. The molecule has 0 atom stereocenters. The van der Waals surface area contributed by atoms with Crippen LogP contribution in [0.1, 0.15) is 19.4 Å². The van der Waals surface area contributed by atoms with Crippen molar-refractivity contribution in [3.8, 4) is 5.75 Å². The third kappa shape index (κ3) is 5.06. The topological polar surface area (TPSA) is 110 Å². The Morgan fingerprint density at radius 3 is 2.62 bits per heavy atom. The minimum atomic E-state index is 0.141. The van der Waals surface area contributed by atoms with Crippen LogP contribution in [0.5, 0.6) is 5.75 Å². The molecule has 2 aromatic rings. The summed E-state index contributed by atoms with van der Waals surface area (Å²) in [6.45, 7) is 4.14. The van der Waals surface area contributed by atoms with Crippen LogP contribution in [0.3, 0.4) is 0 Å². The van der Waals surface area contributed by atoms with Gasteiger partial charge in [-0.05, 0) is 37.6 Å². The molecule has 0 aromatic carbocycles. The molecule has 0 radical (unpaired) electrons. The second-order valence-corrected chi connectivity index (χ2v) is 5.78. The molecule has 0 aliphatic heterocycles. The van der Waals surface area contributed by atoms with Gasteiger partial charge in [-0.3, -0.25) is 4.99 Å². The normalized spacial score (nSPS) is 12.4. The second kappa shape index (κ2) is 9.00. The maximum absolute atomic E-state index is 5.95. The Morgan fingerprint density at radius 1 is 1.27 bits per heavy atom. The number of nitrogens with zero attached hydrogens (tertiary/aromatic N) is 4. The minimum Gasteiger partial charge on any atom is -0.495 e. The van der Waals surface area contributed by atoms with Crippen LogP contribution in [-0.4, -0.2) is 34.8 Å². The first kappa shape index (κ1) is 19.5. The number of rotatable bonds is 7. The maximum Gasteiger partial charge on any atom is 0.224 e. The Hall–Kier alpha value is -2.87.